The van der Waals surface area contributed by atoms with E-state index in [1.54, 1.807) is 0 Å². The number of nitrogens with one attached hydrogen (secondary N) is 1. The Morgan fingerprint density at radius 3 is 2.57 bits per heavy atom. The van der Waals surface area contributed by atoms with Gasteiger partial charge >= 0.3 is 0 Å². The molecule has 0 spiro atoms. The minimum absolute atomic E-state index is 0.107. The van der Waals surface area contributed by atoms with Crippen molar-refractivity contribution in [1.82, 2.24) is 9.62 Å². The number of hydrogen-bond acceptors (Lipinski definition) is 3. The first-order valence-electron chi connectivity index (χ1n) is 9.30. The molecule has 0 radical (unpaired) electrons. The Bertz CT molecular complexity index is 938. The predicted octanol–water partition coefficient (Wildman–Crippen LogP) is 4.23. The molecule has 0 saturated heterocycles. The molecule has 0 aliphatic carbocycles. The Hall–Kier alpha value is -1.35. The highest BCUT2D eigenvalue weighted by Crippen LogP contribution is 2.23. The summed E-state index contributed by atoms with van der Waals surface area (Å²) in [7, 11) is -4.07. The van der Waals surface area contributed by atoms with Crippen LogP contribution in [0, 0.1) is 11.6 Å². The molecule has 0 atom stereocenters. The molecular formula is C20H23BrF2N2O2S. The van der Waals surface area contributed by atoms with Crippen molar-refractivity contribution < 1.29 is 17.2 Å². The number of fused-ring (bicyclic) bond motifs is 1. The second-order valence-corrected chi connectivity index (χ2v) is 9.54. The zero-order valence-electron chi connectivity index (χ0n) is 15.4. The minimum Gasteiger partial charge on any atom is -0.299 e. The van der Waals surface area contributed by atoms with Gasteiger partial charge in [-0.05, 0) is 65.0 Å². The lowest BCUT2D eigenvalue weighted by Crippen LogP contribution is -2.31. The molecule has 0 saturated carbocycles. The summed E-state index contributed by atoms with van der Waals surface area (Å²) >= 11 is 2.84. The number of benzene rings is 2. The number of hydrogen-bond donors (Lipinski definition) is 1. The first-order valence-corrected chi connectivity index (χ1v) is 11.6. The Morgan fingerprint density at radius 1 is 1.04 bits per heavy atom. The molecule has 3 rings (SSSR count). The summed E-state index contributed by atoms with van der Waals surface area (Å²) in [6.07, 6.45) is 3.53. The number of nitrogens with zero attached hydrogens (tertiary/aromatic N) is 1. The summed E-state index contributed by atoms with van der Waals surface area (Å²) in [5.74, 6) is -1.80. The van der Waals surface area contributed by atoms with Gasteiger partial charge in [0.15, 0.2) is 0 Å². The van der Waals surface area contributed by atoms with Crippen LogP contribution in [0.5, 0.6) is 0 Å². The third kappa shape index (κ3) is 5.37. The fourth-order valence-electron chi connectivity index (χ4n) is 3.38. The average molecular weight is 473 g/mol. The molecule has 4 nitrogen and oxygen atoms in total. The van der Waals surface area contributed by atoms with Gasteiger partial charge in [0.25, 0.3) is 0 Å². The zero-order chi connectivity index (χ0) is 20.1. The molecular weight excluding hydrogens is 450 g/mol. The van der Waals surface area contributed by atoms with E-state index in [0.29, 0.717) is 12.5 Å². The summed E-state index contributed by atoms with van der Waals surface area (Å²) < 4.78 is 54.0. The van der Waals surface area contributed by atoms with E-state index in [1.807, 2.05) is 0 Å². The molecule has 8 heteroatoms. The second-order valence-electron chi connectivity index (χ2n) is 6.95. The van der Waals surface area contributed by atoms with Gasteiger partial charge in [-0.3, -0.25) is 4.90 Å². The van der Waals surface area contributed by atoms with Gasteiger partial charge < -0.3 is 0 Å². The lowest BCUT2D eigenvalue weighted by atomic mass is 10.00. The van der Waals surface area contributed by atoms with Crippen molar-refractivity contribution in [2.75, 3.05) is 19.6 Å². The van der Waals surface area contributed by atoms with Crippen molar-refractivity contribution in [1.29, 1.82) is 0 Å². The predicted molar refractivity (Wildman–Crippen MR) is 109 cm³/mol. The van der Waals surface area contributed by atoms with Crippen LogP contribution in [0.1, 0.15) is 30.4 Å². The molecule has 0 aromatic heterocycles. The first kappa shape index (κ1) is 21.4. The number of sulfonamides is 1. The summed E-state index contributed by atoms with van der Waals surface area (Å²) in [6.45, 7) is 3.16. The van der Waals surface area contributed by atoms with Crippen LogP contribution in [0.15, 0.2) is 45.8 Å². The topological polar surface area (TPSA) is 49.4 Å². The van der Waals surface area contributed by atoms with Crippen molar-refractivity contribution in [3.8, 4) is 0 Å². The molecule has 0 bridgehead atoms. The van der Waals surface area contributed by atoms with Gasteiger partial charge in [0.2, 0.25) is 10.0 Å². The van der Waals surface area contributed by atoms with Gasteiger partial charge in [0, 0.05) is 19.6 Å². The minimum atomic E-state index is -4.07. The Balaban J connectivity index is 1.40. The highest BCUT2D eigenvalue weighted by molar-refractivity contribution is 9.10. The maximum atomic E-state index is 13.8. The fraction of sp³-hybridized carbons (Fsp3) is 0.400. The van der Waals surface area contributed by atoms with Crippen LogP contribution in [0.2, 0.25) is 0 Å². The van der Waals surface area contributed by atoms with Crippen LogP contribution in [-0.2, 0) is 23.0 Å². The van der Waals surface area contributed by atoms with Gasteiger partial charge in [-0.2, -0.15) is 0 Å². The van der Waals surface area contributed by atoms with E-state index in [0.717, 1.165) is 45.0 Å². The van der Waals surface area contributed by atoms with E-state index in [4.69, 9.17) is 0 Å². The molecule has 1 N–H and O–H groups in total. The lowest BCUT2D eigenvalue weighted by Gasteiger charge is -2.28. The summed E-state index contributed by atoms with van der Waals surface area (Å²) in [6, 6.07) is 9.99. The van der Waals surface area contributed by atoms with E-state index in [1.165, 1.54) is 11.1 Å². The number of rotatable bonds is 8. The van der Waals surface area contributed by atoms with Gasteiger partial charge in [0.05, 0.1) is 4.47 Å². The zero-order valence-corrected chi connectivity index (χ0v) is 17.8. The third-order valence-electron chi connectivity index (χ3n) is 4.92. The van der Waals surface area contributed by atoms with Gasteiger partial charge in [0.1, 0.15) is 16.5 Å². The maximum absolute atomic E-state index is 13.8. The molecule has 0 amide bonds. The standard InChI is InChI=1S/C20H23BrF2N2O2S/c21-17-12-19(23)20(13-18(17)22)28(26,27)24-9-4-1-5-10-25-11-8-15-6-2-3-7-16(15)14-25/h2-3,6-7,12-13,24H,1,4-5,8-11,14H2. The smallest absolute Gasteiger partial charge is 0.243 e. The Morgan fingerprint density at radius 2 is 1.79 bits per heavy atom. The van der Waals surface area contributed by atoms with Crippen molar-refractivity contribution >= 4 is 26.0 Å². The lowest BCUT2D eigenvalue weighted by molar-refractivity contribution is 0.248. The number of unbranched alkanes of at least 4 members (excludes halogenated alkanes) is 2. The summed E-state index contributed by atoms with van der Waals surface area (Å²) in [4.78, 5) is 1.74. The van der Waals surface area contributed by atoms with Crippen molar-refractivity contribution in [3.05, 3.63) is 63.6 Å². The normalized spacial score (nSPS) is 14.8. The van der Waals surface area contributed by atoms with E-state index in [9.17, 15) is 17.2 Å². The Labute approximate surface area is 173 Å². The molecule has 152 valence electrons. The SMILES string of the molecule is O=S(=O)(NCCCCCN1CCc2ccccc2C1)c1cc(F)c(Br)cc1F. The second kappa shape index (κ2) is 9.43. The van der Waals surface area contributed by atoms with E-state index < -0.39 is 26.6 Å². The van der Waals surface area contributed by atoms with Crippen LogP contribution < -0.4 is 4.72 Å². The average Bonchev–Trinajstić information content (AvgIpc) is 2.67. The van der Waals surface area contributed by atoms with E-state index >= 15 is 0 Å². The largest absolute Gasteiger partial charge is 0.299 e. The van der Waals surface area contributed by atoms with Crippen LogP contribution in [0.25, 0.3) is 0 Å². The van der Waals surface area contributed by atoms with Crippen molar-refractivity contribution in [3.63, 3.8) is 0 Å². The highest BCUT2D eigenvalue weighted by Gasteiger charge is 2.21. The Kier molecular flexibility index (Phi) is 7.20. The molecule has 0 unspecified atom stereocenters. The molecule has 1 aliphatic heterocycles. The molecule has 2 aromatic rings. The van der Waals surface area contributed by atoms with Crippen molar-refractivity contribution in [2.24, 2.45) is 0 Å². The summed E-state index contributed by atoms with van der Waals surface area (Å²) in [5.41, 5.74) is 2.80. The van der Waals surface area contributed by atoms with Crippen LogP contribution >= 0.6 is 15.9 Å². The van der Waals surface area contributed by atoms with Crippen molar-refractivity contribution in [2.45, 2.75) is 37.1 Å². The van der Waals surface area contributed by atoms with Gasteiger partial charge in [-0.25, -0.2) is 21.9 Å². The maximum Gasteiger partial charge on any atom is 0.243 e. The molecule has 28 heavy (non-hydrogen) atoms. The molecule has 1 aliphatic rings. The van der Waals surface area contributed by atoms with Crippen LogP contribution in [0.4, 0.5) is 8.78 Å². The number of halogens is 3. The van der Waals surface area contributed by atoms with Crippen LogP contribution in [0.3, 0.4) is 0 Å². The third-order valence-corrected chi connectivity index (χ3v) is 7.00. The molecule has 0 fully saturated rings. The van der Waals surface area contributed by atoms with Gasteiger partial charge in [-0.15, -0.1) is 0 Å². The van der Waals surface area contributed by atoms with E-state index in [2.05, 4.69) is 49.8 Å². The van der Waals surface area contributed by atoms with E-state index in [-0.39, 0.29) is 11.0 Å². The summed E-state index contributed by atoms with van der Waals surface area (Å²) in [5, 5.41) is 0. The first-order chi connectivity index (χ1) is 13.4. The quantitative estimate of drug-likeness (QED) is 0.461. The molecule has 1 heterocycles. The van der Waals surface area contributed by atoms with Crippen LogP contribution in [-0.4, -0.2) is 33.0 Å². The monoisotopic (exact) mass is 472 g/mol. The highest BCUT2D eigenvalue weighted by atomic mass is 79.9. The molecule has 2 aromatic carbocycles. The fourth-order valence-corrected chi connectivity index (χ4v) is 4.84. The van der Waals surface area contributed by atoms with Gasteiger partial charge in [-0.1, -0.05) is 30.7 Å².